The van der Waals surface area contributed by atoms with Crippen molar-refractivity contribution in [1.82, 2.24) is 0 Å². The summed E-state index contributed by atoms with van der Waals surface area (Å²) in [6, 6.07) is 5.09. The first-order valence-corrected chi connectivity index (χ1v) is 9.00. The predicted molar refractivity (Wildman–Crippen MR) is 84.2 cm³/mol. The number of ether oxygens (including phenoxy) is 1. The first-order valence-electron chi connectivity index (χ1n) is 7.11. The average molecular weight is 330 g/mol. The molecule has 22 heavy (non-hydrogen) atoms. The summed E-state index contributed by atoms with van der Waals surface area (Å²) in [7, 11) is -3.39. The lowest BCUT2D eigenvalue weighted by atomic mass is 10.2. The molecule has 8 heteroatoms. The second-order valence-electron chi connectivity index (χ2n) is 5.27. The van der Waals surface area contributed by atoms with E-state index in [0.29, 0.717) is 18.9 Å². The van der Waals surface area contributed by atoms with Crippen molar-refractivity contribution < 1.29 is 23.4 Å². The molecule has 1 aliphatic heterocycles. The van der Waals surface area contributed by atoms with Gasteiger partial charge in [-0.3, -0.25) is 0 Å². The van der Waals surface area contributed by atoms with Gasteiger partial charge in [0.25, 0.3) is 0 Å². The van der Waals surface area contributed by atoms with Gasteiger partial charge >= 0.3 is 0 Å². The number of nitrogens with one attached hydrogen (secondary N) is 1. The Morgan fingerprint density at radius 2 is 2.05 bits per heavy atom. The molecule has 0 radical (unpaired) electrons. The third kappa shape index (κ3) is 4.33. The fraction of sp³-hybridized carbons (Fsp3) is 0.571. The minimum Gasteiger partial charge on any atom is -0.394 e. The SMILES string of the molecule is CS(=O)(=O)c1ccc(N2CCOCC2)cc1NCC(O)CO. The van der Waals surface area contributed by atoms with Gasteiger partial charge in [0.15, 0.2) is 9.84 Å². The summed E-state index contributed by atoms with van der Waals surface area (Å²) in [5, 5.41) is 21.2. The quantitative estimate of drug-likeness (QED) is 0.658. The van der Waals surface area contributed by atoms with Crippen LogP contribution in [0.5, 0.6) is 0 Å². The highest BCUT2D eigenvalue weighted by atomic mass is 32.2. The minimum atomic E-state index is -3.39. The van der Waals surface area contributed by atoms with E-state index in [2.05, 4.69) is 10.2 Å². The number of benzene rings is 1. The maximum absolute atomic E-state index is 11.9. The van der Waals surface area contributed by atoms with Gasteiger partial charge in [0.2, 0.25) is 0 Å². The molecule has 1 saturated heterocycles. The normalized spacial score (nSPS) is 17.3. The highest BCUT2D eigenvalue weighted by Crippen LogP contribution is 2.28. The van der Waals surface area contributed by atoms with Crippen LogP contribution in [0, 0.1) is 0 Å². The number of nitrogens with zero attached hydrogens (tertiary/aromatic N) is 1. The zero-order valence-electron chi connectivity index (χ0n) is 12.5. The summed E-state index contributed by atoms with van der Waals surface area (Å²) >= 11 is 0. The Kier molecular flexibility index (Phi) is 5.63. The fourth-order valence-corrected chi connectivity index (χ4v) is 3.14. The lowest BCUT2D eigenvalue weighted by Gasteiger charge is -2.29. The van der Waals surface area contributed by atoms with Crippen LogP contribution in [0.1, 0.15) is 0 Å². The molecule has 1 unspecified atom stereocenters. The summed E-state index contributed by atoms with van der Waals surface area (Å²) in [5.74, 6) is 0. The number of rotatable bonds is 6. The summed E-state index contributed by atoms with van der Waals surface area (Å²) in [5.41, 5.74) is 1.33. The molecule has 1 aromatic carbocycles. The van der Waals surface area contributed by atoms with Crippen molar-refractivity contribution in [2.75, 3.05) is 55.9 Å². The molecule has 0 amide bonds. The molecule has 0 aliphatic carbocycles. The van der Waals surface area contributed by atoms with Crippen molar-refractivity contribution in [3.63, 3.8) is 0 Å². The molecule has 0 spiro atoms. The van der Waals surface area contributed by atoms with E-state index in [9.17, 15) is 13.5 Å². The number of aliphatic hydroxyl groups is 2. The number of sulfone groups is 1. The number of hydrogen-bond donors (Lipinski definition) is 3. The maximum Gasteiger partial charge on any atom is 0.177 e. The minimum absolute atomic E-state index is 0.0750. The molecule has 1 fully saturated rings. The molecule has 0 bridgehead atoms. The molecule has 1 aliphatic rings. The van der Waals surface area contributed by atoms with Gasteiger partial charge in [0.05, 0.1) is 36.5 Å². The number of anilines is 2. The molecule has 0 saturated carbocycles. The van der Waals surface area contributed by atoms with Crippen LogP contribution < -0.4 is 10.2 Å². The number of aliphatic hydroxyl groups excluding tert-OH is 2. The summed E-state index contributed by atoms with van der Waals surface area (Å²) < 4.78 is 29.0. The maximum atomic E-state index is 11.9. The molecule has 0 aromatic heterocycles. The largest absolute Gasteiger partial charge is 0.394 e. The zero-order valence-corrected chi connectivity index (χ0v) is 13.3. The van der Waals surface area contributed by atoms with Gasteiger partial charge < -0.3 is 25.2 Å². The van der Waals surface area contributed by atoms with E-state index in [1.807, 2.05) is 0 Å². The molecular weight excluding hydrogens is 308 g/mol. The van der Waals surface area contributed by atoms with E-state index in [4.69, 9.17) is 9.84 Å². The Hall–Kier alpha value is -1.35. The first kappa shape index (κ1) is 17.0. The summed E-state index contributed by atoms with van der Waals surface area (Å²) in [6.07, 6.45) is 0.198. The lowest BCUT2D eigenvalue weighted by molar-refractivity contribution is 0.105. The standard InChI is InChI=1S/C14H22N2O5S/c1-22(19,20)14-3-2-11(16-4-6-21-7-5-16)8-13(14)15-9-12(18)10-17/h2-3,8,12,15,17-18H,4-7,9-10H2,1H3. The Balaban J connectivity index is 2.27. The van der Waals surface area contributed by atoms with E-state index in [1.165, 1.54) is 0 Å². The second kappa shape index (κ2) is 7.28. The average Bonchev–Trinajstić information content (AvgIpc) is 2.52. The van der Waals surface area contributed by atoms with Gasteiger partial charge in [-0.15, -0.1) is 0 Å². The third-order valence-electron chi connectivity index (χ3n) is 3.48. The van der Waals surface area contributed by atoms with Crippen molar-refractivity contribution in [1.29, 1.82) is 0 Å². The molecule has 7 nitrogen and oxygen atoms in total. The van der Waals surface area contributed by atoms with Gasteiger partial charge in [-0.1, -0.05) is 0 Å². The van der Waals surface area contributed by atoms with E-state index in [1.54, 1.807) is 18.2 Å². The monoisotopic (exact) mass is 330 g/mol. The third-order valence-corrected chi connectivity index (χ3v) is 4.63. The molecule has 1 aromatic rings. The smallest absolute Gasteiger partial charge is 0.177 e. The number of morpholine rings is 1. The van der Waals surface area contributed by atoms with Crippen molar-refractivity contribution in [3.8, 4) is 0 Å². The van der Waals surface area contributed by atoms with Crippen molar-refractivity contribution in [2.24, 2.45) is 0 Å². The van der Waals surface area contributed by atoms with Crippen molar-refractivity contribution >= 4 is 21.2 Å². The summed E-state index contributed by atoms with van der Waals surface area (Å²) in [4.78, 5) is 2.29. The molecule has 2 rings (SSSR count). The topological polar surface area (TPSA) is 99.1 Å². The second-order valence-corrected chi connectivity index (χ2v) is 7.25. The van der Waals surface area contributed by atoms with E-state index < -0.39 is 15.9 Å². The van der Waals surface area contributed by atoms with Crippen molar-refractivity contribution in [3.05, 3.63) is 18.2 Å². The van der Waals surface area contributed by atoms with Crippen LogP contribution in [-0.2, 0) is 14.6 Å². The Labute approximate surface area is 130 Å². The van der Waals surface area contributed by atoms with Gasteiger partial charge in [-0.25, -0.2) is 8.42 Å². The predicted octanol–water partition coefficient (Wildman–Crippen LogP) is -0.308. The van der Waals surface area contributed by atoms with Crippen LogP contribution in [0.25, 0.3) is 0 Å². The molecule has 124 valence electrons. The highest BCUT2D eigenvalue weighted by Gasteiger charge is 2.18. The fourth-order valence-electron chi connectivity index (χ4n) is 2.29. The Morgan fingerprint density at radius 1 is 1.36 bits per heavy atom. The van der Waals surface area contributed by atoms with Gasteiger partial charge in [0.1, 0.15) is 0 Å². The van der Waals surface area contributed by atoms with Crippen molar-refractivity contribution in [2.45, 2.75) is 11.0 Å². The van der Waals surface area contributed by atoms with E-state index in [-0.39, 0.29) is 18.0 Å². The molecule has 1 heterocycles. The van der Waals surface area contributed by atoms with Crippen LogP contribution in [0.15, 0.2) is 23.1 Å². The van der Waals surface area contributed by atoms with Gasteiger partial charge in [-0.05, 0) is 18.2 Å². The van der Waals surface area contributed by atoms with Crippen LogP contribution in [0.3, 0.4) is 0 Å². The Morgan fingerprint density at radius 3 is 2.64 bits per heavy atom. The Bertz CT molecular complexity index is 599. The van der Waals surface area contributed by atoms with E-state index in [0.717, 1.165) is 25.0 Å². The van der Waals surface area contributed by atoms with E-state index >= 15 is 0 Å². The first-order chi connectivity index (χ1) is 10.4. The molecule has 3 N–H and O–H groups in total. The number of hydrogen-bond acceptors (Lipinski definition) is 7. The molecule has 1 atom stereocenters. The zero-order chi connectivity index (χ0) is 16.2. The van der Waals surface area contributed by atoms with Crippen LogP contribution in [0.4, 0.5) is 11.4 Å². The van der Waals surface area contributed by atoms with Crippen LogP contribution in [0.2, 0.25) is 0 Å². The van der Waals surface area contributed by atoms with Crippen LogP contribution >= 0.6 is 0 Å². The lowest BCUT2D eigenvalue weighted by Crippen LogP contribution is -2.36. The van der Waals surface area contributed by atoms with Crippen LogP contribution in [-0.4, -0.2) is 70.4 Å². The molecular formula is C14H22N2O5S. The van der Waals surface area contributed by atoms with Gasteiger partial charge in [0, 0.05) is 31.6 Å². The highest BCUT2D eigenvalue weighted by molar-refractivity contribution is 7.90. The summed E-state index contributed by atoms with van der Waals surface area (Å²) in [6.45, 7) is 2.46. The van der Waals surface area contributed by atoms with Gasteiger partial charge in [-0.2, -0.15) is 0 Å².